The van der Waals surface area contributed by atoms with Crippen LogP contribution in [0, 0.1) is 0 Å². The maximum atomic E-state index is 11.5. The Bertz CT molecular complexity index is 458. The minimum absolute atomic E-state index is 0.0842. The summed E-state index contributed by atoms with van der Waals surface area (Å²) in [7, 11) is 0. The van der Waals surface area contributed by atoms with E-state index in [2.05, 4.69) is 10.2 Å². The molecule has 0 atom stereocenters. The molecule has 1 rings (SSSR count). The predicted molar refractivity (Wildman–Crippen MR) is 70.7 cm³/mol. The minimum Gasteiger partial charge on any atom is -0.466 e. The first-order chi connectivity index (χ1) is 9.63. The standard InChI is InChI=1S/C14H17NO5/c1-2-19-13(17)10-12(16)8-9-15-20-14(18)11-6-4-3-5-7-11/h3-7,15H,2,8-10H2,1H3. The van der Waals surface area contributed by atoms with Crippen LogP contribution in [-0.2, 0) is 19.2 Å². The predicted octanol–water partition coefficient (Wildman–Crippen LogP) is 1.26. The molecule has 20 heavy (non-hydrogen) atoms. The van der Waals surface area contributed by atoms with Crippen molar-refractivity contribution in [2.45, 2.75) is 19.8 Å². The molecular weight excluding hydrogens is 262 g/mol. The second-order valence-corrected chi connectivity index (χ2v) is 3.92. The van der Waals surface area contributed by atoms with Crippen molar-refractivity contribution in [3.63, 3.8) is 0 Å². The normalized spacial score (nSPS) is 9.85. The van der Waals surface area contributed by atoms with Gasteiger partial charge in [-0.2, -0.15) is 5.48 Å². The molecule has 0 aliphatic rings. The lowest BCUT2D eigenvalue weighted by Crippen LogP contribution is -2.23. The van der Waals surface area contributed by atoms with Crippen molar-refractivity contribution in [3.8, 4) is 0 Å². The van der Waals surface area contributed by atoms with Gasteiger partial charge < -0.3 is 9.57 Å². The van der Waals surface area contributed by atoms with Gasteiger partial charge in [-0.3, -0.25) is 9.59 Å². The molecule has 0 aromatic heterocycles. The summed E-state index contributed by atoms with van der Waals surface area (Å²) in [6.07, 6.45) is -0.178. The second kappa shape index (κ2) is 8.82. The number of rotatable bonds is 8. The van der Waals surface area contributed by atoms with Gasteiger partial charge in [0.2, 0.25) is 0 Å². The van der Waals surface area contributed by atoms with Crippen molar-refractivity contribution in [1.29, 1.82) is 0 Å². The molecule has 6 heteroatoms. The monoisotopic (exact) mass is 279 g/mol. The maximum Gasteiger partial charge on any atom is 0.356 e. The molecule has 0 heterocycles. The summed E-state index contributed by atoms with van der Waals surface area (Å²) in [4.78, 5) is 38.7. The van der Waals surface area contributed by atoms with Crippen LogP contribution in [0.4, 0.5) is 0 Å². The van der Waals surface area contributed by atoms with Gasteiger partial charge in [0.05, 0.1) is 12.2 Å². The van der Waals surface area contributed by atoms with Crippen LogP contribution in [0.15, 0.2) is 30.3 Å². The van der Waals surface area contributed by atoms with E-state index >= 15 is 0 Å². The zero-order chi connectivity index (χ0) is 14.8. The number of nitrogens with one attached hydrogen (secondary N) is 1. The minimum atomic E-state index is -0.543. The van der Waals surface area contributed by atoms with E-state index in [9.17, 15) is 14.4 Å². The highest BCUT2D eigenvalue weighted by Gasteiger charge is 2.10. The summed E-state index contributed by atoms with van der Waals surface area (Å²) in [6, 6.07) is 8.48. The van der Waals surface area contributed by atoms with Gasteiger partial charge in [-0.25, -0.2) is 4.79 Å². The highest BCUT2D eigenvalue weighted by molar-refractivity contribution is 5.95. The number of hydroxylamine groups is 1. The Balaban J connectivity index is 2.17. The van der Waals surface area contributed by atoms with E-state index in [0.717, 1.165) is 0 Å². The molecule has 6 nitrogen and oxygen atoms in total. The van der Waals surface area contributed by atoms with Gasteiger partial charge >= 0.3 is 11.9 Å². The Morgan fingerprint density at radius 1 is 1.15 bits per heavy atom. The SMILES string of the molecule is CCOC(=O)CC(=O)CCNOC(=O)c1ccccc1. The third-order valence-corrected chi connectivity index (χ3v) is 2.33. The fourth-order valence-electron chi connectivity index (χ4n) is 1.40. The molecule has 0 bridgehead atoms. The molecule has 1 N–H and O–H groups in total. The molecule has 0 aliphatic heterocycles. The lowest BCUT2D eigenvalue weighted by Gasteiger charge is -2.05. The molecule has 108 valence electrons. The van der Waals surface area contributed by atoms with Crippen LogP contribution in [0.25, 0.3) is 0 Å². The Morgan fingerprint density at radius 3 is 2.50 bits per heavy atom. The Hall–Kier alpha value is -2.21. The number of ketones is 1. The smallest absolute Gasteiger partial charge is 0.356 e. The zero-order valence-electron chi connectivity index (χ0n) is 11.3. The van der Waals surface area contributed by atoms with Crippen LogP contribution < -0.4 is 5.48 Å². The van der Waals surface area contributed by atoms with Crippen molar-refractivity contribution in [2.75, 3.05) is 13.2 Å². The molecule has 0 saturated carbocycles. The number of carbonyl (C=O) groups is 3. The Labute approximate surface area is 117 Å². The quantitative estimate of drug-likeness (QED) is 0.334. The van der Waals surface area contributed by atoms with Gasteiger partial charge in [0.15, 0.2) is 0 Å². The molecule has 0 unspecified atom stereocenters. The number of esters is 1. The molecule has 1 aromatic rings. The van der Waals surface area contributed by atoms with Crippen molar-refractivity contribution in [3.05, 3.63) is 35.9 Å². The summed E-state index contributed by atoms with van der Waals surface area (Å²) >= 11 is 0. The van der Waals surface area contributed by atoms with Crippen LogP contribution in [0.2, 0.25) is 0 Å². The first kappa shape index (κ1) is 15.8. The fraction of sp³-hybridized carbons (Fsp3) is 0.357. The van der Waals surface area contributed by atoms with E-state index < -0.39 is 11.9 Å². The van der Waals surface area contributed by atoms with Crippen LogP contribution in [0.3, 0.4) is 0 Å². The fourth-order valence-corrected chi connectivity index (χ4v) is 1.40. The Kier molecular flexibility index (Phi) is 6.99. The lowest BCUT2D eigenvalue weighted by molar-refractivity contribution is -0.145. The van der Waals surface area contributed by atoms with Crippen molar-refractivity contribution >= 4 is 17.7 Å². The zero-order valence-corrected chi connectivity index (χ0v) is 11.3. The summed E-state index contributed by atoms with van der Waals surface area (Å²) in [5, 5.41) is 0. The van der Waals surface area contributed by atoms with Crippen molar-refractivity contribution < 1.29 is 24.0 Å². The molecule has 0 aliphatic carbocycles. The maximum absolute atomic E-state index is 11.5. The summed E-state index contributed by atoms with van der Waals surface area (Å²) < 4.78 is 4.65. The van der Waals surface area contributed by atoms with Gasteiger partial charge in [0.25, 0.3) is 0 Å². The van der Waals surface area contributed by atoms with Gasteiger partial charge in [0.1, 0.15) is 12.2 Å². The number of hydrogen-bond acceptors (Lipinski definition) is 6. The molecule has 0 spiro atoms. The first-order valence-electron chi connectivity index (χ1n) is 6.30. The van der Waals surface area contributed by atoms with E-state index in [0.29, 0.717) is 5.56 Å². The summed E-state index contributed by atoms with van der Waals surface area (Å²) in [6.45, 7) is 2.07. The third kappa shape index (κ3) is 6.10. The highest BCUT2D eigenvalue weighted by Crippen LogP contribution is 1.99. The molecule has 0 amide bonds. The summed E-state index contributed by atoms with van der Waals surface area (Å²) in [5.74, 6) is -1.34. The van der Waals surface area contributed by atoms with E-state index in [1.807, 2.05) is 0 Å². The highest BCUT2D eigenvalue weighted by atomic mass is 16.7. The van der Waals surface area contributed by atoms with Gasteiger partial charge in [-0.1, -0.05) is 18.2 Å². The molecule has 0 saturated heterocycles. The van der Waals surface area contributed by atoms with E-state index in [-0.39, 0.29) is 31.8 Å². The van der Waals surface area contributed by atoms with Crippen LogP contribution in [-0.4, -0.2) is 30.9 Å². The lowest BCUT2D eigenvalue weighted by atomic mass is 10.2. The van der Waals surface area contributed by atoms with Crippen LogP contribution in [0.1, 0.15) is 30.1 Å². The number of ether oxygens (including phenoxy) is 1. The summed E-state index contributed by atoms with van der Waals surface area (Å²) in [5.41, 5.74) is 2.81. The van der Waals surface area contributed by atoms with Gasteiger partial charge in [0, 0.05) is 13.0 Å². The van der Waals surface area contributed by atoms with Gasteiger partial charge in [-0.15, -0.1) is 0 Å². The van der Waals surface area contributed by atoms with Crippen molar-refractivity contribution in [2.24, 2.45) is 0 Å². The largest absolute Gasteiger partial charge is 0.466 e. The molecule has 1 aromatic carbocycles. The molecular formula is C14H17NO5. The van der Waals surface area contributed by atoms with E-state index in [1.54, 1.807) is 37.3 Å². The average Bonchev–Trinajstić information content (AvgIpc) is 2.44. The Morgan fingerprint density at radius 2 is 1.85 bits per heavy atom. The molecule has 0 fully saturated rings. The van der Waals surface area contributed by atoms with E-state index in [4.69, 9.17) is 4.84 Å². The third-order valence-electron chi connectivity index (χ3n) is 2.33. The number of Topliss-reactive ketones (excluding diaryl/α,β-unsaturated/α-hetero) is 1. The van der Waals surface area contributed by atoms with Crippen molar-refractivity contribution in [1.82, 2.24) is 5.48 Å². The second-order valence-electron chi connectivity index (χ2n) is 3.92. The number of benzene rings is 1. The number of carbonyl (C=O) groups excluding carboxylic acids is 3. The van der Waals surface area contributed by atoms with E-state index in [1.165, 1.54) is 0 Å². The van der Waals surface area contributed by atoms with Gasteiger partial charge in [-0.05, 0) is 19.1 Å². The van der Waals surface area contributed by atoms with Crippen LogP contribution >= 0.6 is 0 Å². The first-order valence-corrected chi connectivity index (χ1v) is 6.30. The van der Waals surface area contributed by atoms with Crippen LogP contribution in [0.5, 0.6) is 0 Å². The topological polar surface area (TPSA) is 81.7 Å². The molecule has 0 radical (unpaired) electrons. The number of hydrogen-bond donors (Lipinski definition) is 1. The average molecular weight is 279 g/mol.